The van der Waals surface area contributed by atoms with Crippen LogP contribution in [-0.2, 0) is 10.0 Å². The Morgan fingerprint density at radius 3 is 2.65 bits per heavy atom. The van der Waals surface area contributed by atoms with Gasteiger partial charge in [-0.25, -0.2) is 12.7 Å². The van der Waals surface area contributed by atoms with Gasteiger partial charge in [-0.05, 0) is 43.4 Å². The van der Waals surface area contributed by atoms with Crippen LogP contribution in [0.15, 0.2) is 23.1 Å². The monoisotopic (exact) mass is 298 g/mol. The molecular weight excluding hydrogens is 276 g/mol. The molecule has 0 bridgehead atoms. The molecule has 1 aromatic rings. The first-order valence-electron chi connectivity index (χ1n) is 6.85. The van der Waals surface area contributed by atoms with E-state index in [0.29, 0.717) is 36.4 Å². The Kier molecular flexibility index (Phi) is 4.25. The SMILES string of the molecule is CCOc1ccc(N)cc1S(=O)(=O)N(C)CC1CC1C. The number of benzene rings is 1. The second-order valence-electron chi connectivity index (χ2n) is 5.40. The van der Waals surface area contributed by atoms with Gasteiger partial charge in [0, 0.05) is 19.3 Å². The third-order valence-corrected chi connectivity index (χ3v) is 5.57. The molecule has 0 radical (unpaired) electrons. The van der Waals surface area contributed by atoms with Crippen LogP contribution in [0.4, 0.5) is 5.69 Å². The zero-order valence-corrected chi connectivity index (χ0v) is 13.0. The fourth-order valence-corrected chi connectivity index (χ4v) is 3.64. The van der Waals surface area contributed by atoms with E-state index in [1.165, 1.54) is 10.4 Å². The average Bonchev–Trinajstić information content (AvgIpc) is 3.07. The Balaban J connectivity index is 2.29. The number of nitrogen functional groups attached to an aromatic ring is 1. The zero-order chi connectivity index (χ0) is 14.9. The van der Waals surface area contributed by atoms with Crippen LogP contribution >= 0.6 is 0 Å². The summed E-state index contributed by atoms with van der Waals surface area (Å²) in [5.41, 5.74) is 6.13. The van der Waals surface area contributed by atoms with Crippen LogP contribution in [0.25, 0.3) is 0 Å². The molecule has 20 heavy (non-hydrogen) atoms. The van der Waals surface area contributed by atoms with Gasteiger partial charge in [-0.15, -0.1) is 0 Å². The van der Waals surface area contributed by atoms with Crippen molar-refractivity contribution >= 4 is 15.7 Å². The topological polar surface area (TPSA) is 72.6 Å². The van der Waals surface area contributed by atoms with Gasteiger partial charge in [0.05, 0.1) is 6.61 Å². The number of hydrogen-bond donors (Lipinski definition) is 1. The molecule has 1 aliphatic rings. The van der Waals surface area contributed by atoms with E-state index in [0.717, 1.165) is 6.42 Å². The molecule has 5 nitrogen and oxygen atoms in total. The van der Waals surface area contributed by atoms with Crippen LogP contribution in [-0.4, -0.2) is 32.9 Å². The fraction of sp³-hybridized carbons (Fsp3) is 0.571. The number of anilines is 1. The molecule has 0 amide bonds. The van der Waals surface area contributed by atoms with Crippen LogP contribution in [0.2, 0.25) is 0 Å². The Hall–Kier alpha value is -1.27. The molecule has 2 N–H and O–H groups in total. The van der Waals surface area contributed by atoms with Crippen LogP contribution < -0.4 is 10.5 Å². The zero-order valence-electron chi connectivity index (χ0n) is 12.2. The maximum Gasteiger partial charge on any atom is 0.246 e. The molecule has 1 fully saturated rings. The number of sulfonamides is 1. The average molecular weight is 298 g/mol. The van der Waals surface area contributed by atoms with Gasteiger partial charge in [-0.2, -0.15) is 0 Å². The van der Waals surface area contributed by atoms with Crippen molar-refractivity contribution in [1.29, 1.82) is 0 Å². The van der Waals surface area contributed by atoms with Gasteiger partial charge in [0.15, 0.2) is 0 Å². The summed E-state index contributed by atoms with van der Waals surface area (Å²) in [5.74, 6) is 1.43. The van der Waals surface area contributed by atoms with Crippen molar-refractivity contribution in [3.05, 3.63) is 18.2 Å². The van der Waals surface area contributed by atoms with Gasteiger partial charge in [-0.1, -0.05) is 6.92 Å². The van der Waals surface area contributed by atoms with Crippen LogP contribution in [0.5, 0.6) is 5.75 Å². The third kappa shape index (κ3) is 3.07. The highest BCUT2D eigenvalue weighted by Crippen LogP contribution is 2.39. The Bertz CT molecular complexity index is 586. The minimum Gasteiger partial charge on any atom is -0.492 e. The van der Waals surface area contributed by atoms with E-state index in [9.17, 15) is 8.42 Å². The summed E-state index contributed by atoms with van der Waals surface area (Å²) in [4.78, 5) is 0.148. The van der Waals surface area contributed by atoms with Crippen molar-refractivity contribution in [1.82, 2.24) is 4.31 Å². The van der Waals surface area contributed by atoms with Crippen LogP contribution in [0.1, 0.15) is 20.3 Å². The summed E-state index contributed by atoms with van der Waals surface area (Å²) in [5, 5.41) is 0. The number of hydrogen-bond acceptors (Lipinski definition) is 4. The van der Waals surface area contributed by atoms with Crippen LogP contribution in [0, 0.1) is 11.8 Å². The standard InChI is InChI=1S/C14H22N2O3S/c1-4-19-13-6-5-12(15)8-14(13)20(17,18)16(3)9-11-7-10(11)2/h5-6,8,10-11H,4,7,9,15H2,1-3H3. The van der Waals surface area contributed by atoms with Gasteiger partial charge in [0.2, 0.25) is 10.0 Å². The maximum atomic E-state index is 12.6. The van der Waals surface area contributed by atoms with E-state index in [4.69, 9.17) is 10.5 Å². The molecule has 2 rings (SSSR count). The van der Waals surface area contributed by atoms with Gasteiger partial charge in [-0.3, -0.25) is 0 Å². The van der Waals surface area contributed by atoms with E-state index in [-0.39, 0.29) is 4.90 Å². The van der Waals surface area contributed by atoms with Gasteiger partial charge in [0.25, 0.3) is 0 Å². The Morgan fingerprint density at radius 2 is 2.10 bits per heavy atom. The highest BCUT2D eigenvalue weighted by Gasteiger charge is 2.36. The smallest absolute Gasteiger partial charge is 0.246 e. The molecular formula is C14H22N2O3S. The maximum absolute atomic E-state index is 12.6. The highest BCUT2D eigenvalue weighted by molar-refractivity contribution is 7.89. The van der Waals surface area contributed by atoms with E-state index in [1.807, 2.05) is 6.92 Å². The first kappa shape index (κ1) is 15.1. The predicted octanol–water partition coefficient (Wildman–Crippen LogP) is 1.94. The lowest BCUT2D eigenvalue weighted by Gasteiger charge is -2.19. The van der Waals surface area contributed by atoms with Crippen molar-refractivity contribution in [2.45, 2.75) is 25.2 Å². The molecule has 2 unspecified atom stereocenters. The normalized spacial score (nSPS) is 22.0. The van der Waals surface area contributed by atoms with E-state index in [1.54, 1.807) is 19.2 Å². The van der Waals surface area contributed by atoms with Gasteiger partial charge < -0.3 is 10.5 Å². The number of rotatable bonds is 6. The summed E-state index contributed by atoms with van der Waals surface area (Å²) in [6.07, 6.45) is 1.09. The number of nitrogens with zero attached hydrogens (tertiary/aromatic N) is 1. The van der Waals surface area contributed by atoms with E-state index in [2.05, 4.69) is 6.92 Å². The summed E-state index contributed by atoms with van der Waals surface area (Å²) < 4.78 is 32.1. The molecule has 6 heteroatoms. The first-order chi connectivity index (χ1) is 9.36. The van der Waals surface area contributed by atoms with E-state index >= 15 is 0 Å². The second-order valence-corrected chi connectivity index (χ2v) is 7.41. The van der Waals surface area contributed by atoms with Gasteiger partial charge in [0.1, 0.15) is 10.6 Å². The summed E-state index contributed by atoms with van der Waals surface area (Å²) in [6, 6.07) is 4.72. The molecule has 112 valence electrons. The second kappa shape index (κ2) is 5.61. The molecule has 0 aliphatic heterocycles. The molecule has 1 aliphatic carbocycles. The van der Waals surface area contributed by atoms with Crippen molar-refractivity contribution in [3.63, 3.8) is 0 Å². The quantitative estimate of drug-likeness (QED) is 0.815. The summed E-state index contributed by atoms with van der Waals surface area (Å²) in [7, 11) is -1.95. The van der Waals surface area contributed by atoms with Crippen LogP contribution in [0.3, 0.4) is 0 Å². The van der Waals surface area contributed by atoms with Crippen molar-refractivity contribution in [2.24, 2.45) is 11.8 Å². The largest absolute Gasteiger partial charge is 0.492 e. The van der Waals surface area contributed by atoms with Crippen molar-refractivity contribution < 1.29 is 13.2 Å². The summed E-state index contributed by atoms with van der Waals surface area (Å²) in [6.45, 7) is 4.92. The lowest BCUT2D eigenvalue weighted by Crippen LogP contribution is -2.29. The molecule has 0 spiro atoms. The molecule has 1 aromatic carbocycles. The third-order valence-electron chi connectivity index (χ3n) is 3.72. The van der Waals surface area contributed by atoms with Crippen molar-refractivity contribution in [3.8, 4) is 5.75 Å². The summed E-state index contributed by atoms with van der Waals surface area (Å²) >= 11 is 0. The number of nitrogens with two attached hydrogens (primary N) is 1. The molecule has 0 aromatic heterocycles. The Labute approximate surface area is 120 Å². The lowest BCUT2D eigenvalue weighted by atomic mass is 10.3. The first-order valence-corrected chi connectivity index (χ1v) is 8.29. The Morgan fingerprint density at radius 1 is 1.45 bits per heavy atom. The molecule has 0 saturated heterocycles. The minimum atomic E-state index is -3.56. The van der Waals surface area contributed by atoms with E-state index < -0.39 is 10.0 Å². The minimum absolute atomic E-state index is 0.148. The van der Waals surface area contributed by atoms with Crippen molar-refractivity contribution in [2.75, 3.05) is 25.9 Å². The van der Waals surface area contributed by atoms with Gasteiger partial charge >= 0.3 is 0 Å². The number of ether oxygens (including phenoxy) is 1. The highest BCUT2D eigenvalue weighted by atomic mass is 32.2. The molecule has 2 atom stereocenters. The fourth-order valence-electron chi connectivity index (χ4n) is 2.25. The molecule has 1 saturated carbocycles. The lowest BCUT2D eigenvalue weighted by molar-refractivity contribution is 0.329. The molecule has 0 heterocycles. The predicted molar refractivity (Wildman–Crippen MR) is 79.1 cm³/mol.